The molecule has 0 saturated heterocycles. The van der Waals surface area contributed by atoms with Crippen LogP contribution in [0.5, 0.6) is 0 Å². The van der Waals surface area contributed by atoms with E-state index >= 15 is 0 Å². The fourth-order valence-corrected chi connectivity index (χ4v) is 2.85. The molecule has 0 bridgehead atoms. The van der Waals surface area contributed by atoms with Gasteiger partial charge in [0.15, 0.2) is 0 Å². The molecule has 0 aliphatic heterocycles. The minimum absolute atomic E-state index is 0.150. The number of nitrogens with one attached hydrogen (secondary N) is 1. The van der Waals surface area contributed by atoms with E-state index in [1.165, 1.54) is 7.11 Å². The maximum absolute atomic E-state index is 12.1. The van der Waals surface area contributed by atoms with Crippen molar-refractivity contribution in [2.75, 3.05) is 20.3 Å². The van der Waals surface area contributed by atoms with E-state index in [-0.39, 0.29) is 17.5 Å². The van der Waals surface area contributed by atoms with Crippen molar-refractivity contribution in [3.63, 3.8) is 0 Å². The van der Waals surface area contributed by atoms with Gasteiger partial charge in [-0.15, -0.1) is 0 Å². The molecule has 0 heterocycles. The molecule has 0 aromatic carbocycles. The lowest BCUT2D eigenvalue weighted by Gasteiger charge is -2.39. The molecule has 2 atom stereocenters. The van der Waals surface area contributed by atoms with Crippen LogP contribution < -0.4 is 5.32 Å². The molecule has 0 radical (unpaired) electrons. The molecule has 1 aliphatic carbocycles. The van der Waals surface area contributed by atoms with Gasteiger partial charge in [0.25, 0.3) is 0 Å². The van der Waals surface area contributed by atoms with Crippen LogP contribution in [0.3, 0.4) is 0 Å². The van der Waals surface area contributed by atoms with Crippen molar-refractivity contribution < 1.29 is 14.3 Å². The Morgan fingerprint density at radius 1 is 1.40 bits per heavy atom. The van der Waals surface area contributed by atoms with E-state index < -0.39 is 5.54 Å². The molecule has 0 spiro atoms. The van der Waals surface area contributed by atoms with Crippen LogP contribution in [0.15, 0.2) is 0 Å². The molecule has 0 amide bonds. The zero-order valence-electron chi connectivity index (χ0n) is 13.8. The molecule has 20 heavy (non-hydrogen) atoms. The standard InChI is InChI=1S/C16H31NO3/c1-6-17-16(14(18)19-5)9-7-8-13(12-16)20-11-10-15(2,3)4/h13,17H,6-12H2,1-5H3. The monoisotopic (exact) mass is 285 g/mol. The van der Waals surface area contributed by atoms with Crippen LogP contribution in [-0.2, 0) is 14.3 Å². The Labute approximate surface area is 123 Å². The molecule has 118 valence electrons. The number of esters is 1. The Morgan fingerprint density at radius 2 is 2.10 bits per heavy atom. The topological polar surface area (TPSA) is 47.6 Å². The first-order chi connectivity index (χ1) is 9.33. The highest BCUT2D eigenvalue weighted by Crippen LogP contribution is 2.32. The third-order valence-corrected chi connectivity index (χ3v) is 4.00. The van der Waals surface area contributed by atoms with Gasteiger partial charge in [0.05, 0.1) is 13.2 Å². The minimum atomic E-state index is -0.547. The van der Waals surface area contributed by atoms with E-state index in [4.69, 9.17) is 9.47 Å². The highest BCUT2D eigenvalue weighted by atomic mass is 16.5. The van der Waals surface area contributed by atoms with Crippen LogP contribution in [0, 0.1) is 5.41 Å². The summed E-state index contributed by atoms with van der Waals surface area (Å²) in [6.45, 7) is 10.2. The smallest absolute Gasteiger partial charge is 0.326 e. The van der Waals surface area contributed by atoms with Crippen LogP contribution in [0.4, 0.5) is 0 Å². The Kier molecular flexibility index (Phi) is 6.46. The van der Waals surface area contributed by atoms with Gasteiger partial charge in [-0.3, -0.25) is 4.79 Å². The first-order valence-corrected chi connectivity index (χ1v) is 7.78. The molecule has 4 heteroatoms. The van der Waals surface area contributed by atoms with Crippen molar-refractivity contribution in [3.8, 4) is 0 Å². The molecule has 0 aromatic rings. The van der Waals surface area contributed by atoms with Gasteiger partial charge in [-0.05, 0) is 37.6 Å². The molecule has 2 unspecified atom stereocenters. The second-order valence-corrected chi connectivity index (χ2v) is 7.00. The first-order valence-electron chi connectivity index (χ1n) is 7.78. The number of methoxy groups -OCH3 is 1. The second kappa shape index (κ2) is 7.41. The third kappa shape index (κ3) is 5.06. The molecule has 1 fully saturated rings. The van der Waals surface area contributed by atoms with Crippen LogP contribution in [0.1, 0.15) is 59.8 Å². The average molecular weight is 285 g/mol. The van der Waals surface area contributed by atoms with Crippen molar-refractivity contribution in [1.29, 1.82) is 0 Å². The SMILES string of the molecule is CCNC1(C(=O)OC)CCCC(OCCC(C)(C)C)C1. The van der Waals surface area contributed by atoms with E-state index in [1.807, 2.05) is 6.92 Å². The number of hydrogen-bond donors (Lipinski definition) is 1. The summed E-state index contributed by atoms with van der Waals surface area (Å²) in [5.41, 5.74) is -0.260. The predicted molar refractivity (Wildman–Crippen MR) is 80.7 cm³/mol. The summed E-state index contributed by atoms with van der Waals surface area (Å²) in [6, 6.07) is 0. The number of ether oxygens (including phenoxy) is 2. The summed E-state index contributed by atoms with van der Waals surface area (Å²) in [6.07, 6.45) is 4.79. The fourth-order valence-electron chi connectivity index (χ4n) is 2.85. The Hall–Kier alpha value is -0.610. The number of carbonyl (C=O) groups is 1. The number of carbonyl (C=O) groups excluding carboxylic acids is 1. The minimum Gasteiger partial charge on any atom is -0.468 e. The average Bonchev–Trinajstić information content (AvgIpc) is 2.37. The van der Waals surface area contributed by atoms with Crippen molar-refractivity contribution in [3.05, 3.63) is 0 Å². The summed E-state index contributed by atoms with van der Waals surface area (Å²) in [4.78, 5) is 12.1. The second-order valence-electron chi connectivity index (χ2n) is 7.00. The largest absolute Gasteiger partial charge is 0.468 e. The Bertz CT molecular complexity index is 307. The van der Waals surface area contributed by atoms with Crippen molar-refractivity contribution in [2.45, 2.75) is 71.4 Å². The molecule has 4 nitrogen and oxygen atoms in total. The zero-order chi connectivity index (χ0) is 15.2. The fraction of sp³-hybridized carbons (Fsp3) is 0.938. The lowest BCUT2D eigenvalue weighted by atomic mass is 9.80. The van der Waals surface area contributed by atoms with Crippen molar-refractivity contribution in [1.82, 2.24) is 5.32 Å². The van der Waals surface area contributed by atoms with Gasteiger partial charge >= 0.3 is 5.97 Å². The van der Waals surface area contributed by atoms with E-state index in [9.17, 15) is 4.79 Å². The van der Waals surface area contributed by atoms with Crippen LogP contribution in [0.25, 0.3) is 0 Å². The van der Waals surface area contributed by atoms with Gasteiger partial charge in [0, 0.05) is 13.0 Å². The van der Waals surface area contributed by atoms with E-state index in [1.54, 1.807) is 0 Å². The first kappa shape index (κ1) is 17.4. The highest BCUT2D eigenvalue weighted by Gasteiger charge is 2.43. The summed E-state index contributed by atoms with van der Waals surface area (Å²) in [5, 5.41) is 3.33. The van der Waals surface area contributed by atoms with Crippen LogP contribution >= 0.6 is 0 Å². The summed E-state index contributed by atoms with van der Waals surface area (Å²) >= 11 is 0. The van der Waals surface area contributed by atoms with Crippen molar-refractivity contribution >= 4 is 5.97 Å². The normalized spacial score (nSPS) is 27.4. The van der Waals surface area contributed by atoms with Gasteiger partial charge in [0.2, 0.25) is 0 Å². The number of rotatable bonds is 6. The maximum Gasteiger partial charge on any atom is 0.326 e. The molecular formula is C16H31NO3. The van der Waals surface area contributed by atoms with Gasteiger partial charge < -0.3 is 14.8 Å². The van der Waals surface area contributed by atoms with Gasteiger partial charge in [0.1, 0.15) is 5.54 Å². The molecule has 1 aliphatic rings. The molecule has 1 rings (SSSR count). The quantitative estimate of drug-likeness (QED) is 0.762. The third-order valence-electron chi connectivity index (χ3n) is 4.00. The van der Waals surface area contributed by atoms with E-state index in [2.05, 4.69) is 26.1 Å². The Balaban J connectivity index is 2.56. The molecule has 1 N–H and O–H groups in total. The van der Waals surface area contributed by atoms with Gasteiger partial charge in [-0.2, -0.15) is 0 Å². The van der Waals surface area contributed by atoms with E-state index in [0.717, 1.165) is 45.3 Å². The lowest BCUT2D eigenvalue weighted by Crippen LogP contribution is -2.56. The lowest BCUT2D eigenvalue weighted by molar-refractivity contribution is -0.153. The summed E-state index contributed by atoms with van der Waals surface area (Å²) < 4.78 is 11.0. The molecule has 0 aromatic heterocycles. The number of hydrogen-bond acceptors (Lipinski definition) is 4. The van der Waals surface area contributed by atoms with Gasteiger partial charge in [-0.1, -0.05) is 27.7 Å². The summed E-state index contributed by atoms with van der Waals surface area (Å²) in [7, 11) is 1.46. The highest BCUT2D eigenvalue weighted by molar-refractivity contribution is 5.81. The zero-order valence-corrected chi connectivity index (χ0v) is 13.8. The molecular weight excluding hydrogens is 254 g/mol. The van der Waals surface area contributed by atoms with Crippen LogP contribution in [-0.4, -0.2) is 37.9 Å². The Morgan fingerprint density at radius 3 is 2.65 bits per heavy atom. The summed E-state index contributed by atoms with van der Waals surface area (Å²) in [5.74, 6) is -0.150. The van der Waals surface area contributed by atoms with E-state index in [0.29, 0.717) is 0 Å². The van der Waals surface area contributed by atoms with Gasteiger partial charge in [-0.25, -0.2) is 0 Å². The van der Waals surface area contributed by atoms with Crippen molar-refractivity contribution in [2.24, 2.45) is 5.41 Å². The predicted octanol–water partition coefficient (Wildman–Crippen LogP) is 2.90. The van der Waals surface area contributed by atoms with Crippen LogP contribution in [0.2, 0.25) is 0 Å². The number of likely N-dealkylation sites (N-methyl/N-ethyl adjacent to an activating group) is 1. The molecule has 1 saturated carbocycles. The maximum atomic E-state index is 12.1.